The lowest BCUT2D eigenvalue weighted by Gasteiger charge is -2.24. The number of carbonyl (C=O) groups is 2. The highest BCUT2D eigenvalue weighted by Gasteiger charge is 2.29. The summed E-state index contributed by atoms with van der Waals surface area (Å²) in [4.78, 5) is 32.4. The minimum atomic E-state index is -0.116. The van der Waals surface area contributed by atoms with Gasteiger partial charge in [0.2, 0.25) is 11.9 Å². The number of aliphatic imine (C=N–C) groups is 1. The highest BCUT2D eigenvalue weighted by Crippen LogP contribution is 2.31. The molecule has 0 unspecified atom stereocenters. The van der Waals surface area contributed by atoms with Gasteiger partial charge >= 0.3 is 0 Å². The number of hydrogen-bond donors (Lipinski definition) is 2. The highest BCUT2D eigenvalue weighted by molar-refractivity contribution is 6.05. The van der Waals surface area contributed by atoms with Crippen LogP contribution >= 0.6 is 0 Å². The van der Waals surface area contributed by atoms with Crippen molar-refractivity contribution in [1.82, 2.24) is 15.1 Å². The maximum absolute atomic E-state index is 12.7. The SMILES string of the molecule is O=C1CN2Cc3ccc(OCC(=O)N(CCO)CCCCC4CCCCC4)cc3N=C2N1. The Labute approximate surface area is 189 Å². The van der Waals surface area contributed by atoms with E-state index < -0.39 is 0 Å². The van der Waals surface area contributed by atoms with Crippen molar-refractivity contribution < 1.29 is 19.4 Å². The molecule has 1 saturated carbocycles. The molecule has 1 aliphatic carbocycles. The number of guanidine groups is 1. The van der Waals surface area contributed by atoms with Crippen molar-refractivity contribution in [3.63, 3.8) is 0 Å². The van der Waals surface area contributed by atoms with Gasteiger partial charge in [0.25, 0.3) is 5.91 Å². The first-order chi connectivity index (χ1) is 15.6. The van der Waals surface area contributed by atoms with Crippen LogP contribution in [0.25, 0.3) is 0 Å². The molecule has 0 aromatic heterocycles. The van der Waals surface area contributed by atoms with Gasteiger partial charge in [-0.05, 0) is 24.0 Å². The summed E-state index contributed by atoms with van der Waals surface area (Å²) >= 11 is 0. The molecule has 2 heterocycles. The molecule has 8 nitrogen and oxygen atoms in total. The molecule has 3 aliphatic rings. The standard InChI is InChI=1S/C24H34N4O4/c29-13-12-27(11-5-4-8-18-6-2-1-3-7-18)23(31)17-32-20-10-9-19-15-28-16-22(30)26-24(28)25-21(19)14-20/h9-10,14,18,29H,1-8,11-13,15-17H2,(H,25,26,30). The van der Waals surface area contributed by atoms with Gasteiger partial charge in [-0.3, -0.25) is 14.9 Å². The van der Waals surface area contributed by atoms with Crippen molar-refractivity contribution in [2.75, 3.05) is 32.8 Å². The Bertz CT molecular complexity index is 850. The third-order valence-corrected chi connectivity index (χ3v) is 6.63. The van der Waals surface area contributed by atoms with Crippen LogP contribution in [0.4, 0.5) is 5.69 Å². The summed E-state index contributed by atoms with van der Waals surface area (Å²) in [5.74, 6) is 1.82. The van der Waals surface area contributed by atoms with Gasteiger partial charge in [-0.2, -0.15) is 0 Å². The van der Waals surface area contributed by atoms with Crippen molar-refractivity contribution in [2.45, 2.75) is 57.9 Å². The molecule has 8 heteroatoms. The number of amides is 2. The van der Waals surface area contributed by atoms with E-state index in [9.17, 15) is 14.7 Å². The number of aliphatic hydroxyl groups excluding tert-OH is 1. The third kappa shape index (κ3) is 5.79. The number of fused-ring (bicyclic) bond motifs is 2. The monoisotopic (exact) mass is 442 g/mol. The van der Waals surface area contributed by atoms with Crippen molar-refractivity contribution in [2.24, 2.45) is 10.9 Å². The average molecular weight is 443 g/mol. The van der Waals surface area contributed by atoms with E-state index >= 15 is 0 Å². The molecule has 2 amide bonds. The van der Waals surface area contributed by atoms with Crippen molar-refractivity contribution in [3.05, 3.63) is 23.8 Å². The Kier molecular flexibility index (Phi) is 7.63. The largest absolute Gasteiger partial charge is 0.484 e. The number of hydrogen-bond acceptors (Lipinski definition) is 6. The molecule has 1 saturated heterocycles. The second-order valence-electron chi connectivity index (χ2n) is 9.02. The third-order valence-electron chi connectivity index (χ3n) is 6.63. The molecule has 0 spiro atoms. The Balaban J connectivity index is 1.25. The van der Waals surface area contributed by atoms with E-state index in [2.05, 4.69) is 10.3 Å². The van der Waals surface area contributed by atoms with E-state index in [0.717, 1.165) is 30.0 Å². The predicted molar refractivity (Wildman–Crippen MR) is 122 cm³/mol. The quantitative estimate of drug-likeness (QED) is 0.543. The van der Waals surface area contributed by atoms with Crippen LogP contribution in [0.3, 0.4) is 0 Å². The molecule has 1 aromatic rings. The predicted octanol–water partition coefficient (Wildman–Crippen LogP) is 2.57. The zero-order valence-corrected chi connectivity index (χ0v) is 18.7. The molecule has 2 N–H and O–H groups in total. The topological polar surface area (TPSA) is 94.5 Å². The van der Waals surface area contributed by atoms with Crippen LogP contribution in [0, 0.1) is 5.92 Å². The van der Waals surface area contributed by atoms with E-state index in [0.29, 0.717) is 37.9 Å². The lowest BCUT2D eigenvalue weighted by Crippen LogP contribution is -2.37. The molecular formula is C24H34N4O4. The molecule has 2 aliphatic heterocycles. The fourth-order valence-corrected chi connectivity index (χ4v) is 4.84. The van der Waals surface area contributed by atoms with Gasteiger partial charge in [0.1, 0.15) is 12.3 Å². The van der Waals surface area contributed by atoms with Crippen LogP contribution in [-0.2, 0) is 16.1 Å². The van der Waals surface area contributed by atoms with Crippen LogP contribution in [0.15, 0.2) is 23.2 Å². The van der Waals surface area contributed by atoms with Crippen molar-refractivity contribution in [3.8, 4) is 5.75 Å². The molecule has 174 valence electrons. The Hall–Kier alpha value is -2.61. The van der Waals surface area contributed by atoms with Crippen LogP contribution in [0.1, 0.15) is 56.9 Å². The molecule has 32 heavy (non-hydrogen) atoms. The van der Waals surface area contributed by atoms with Gasteiger partial charge in [-0.15, -0.1) is 0 Å². The smallest absolute Gasteiger partial charge is 0.260 e. The van der Waals surface area contributed by atoms with Crippen LogP contribution in [0.2, 0.25) is 0 Å². The molecule has 1 aromatic carbocycles. The lowest BCUT2D eigenvalue weighted by atomic mass is 9.86. The zero-order chi connectivity index (χ0) is 22.3. The Morgan fingerprint density at radius 1 is 1.19 bits per heavy atom. The second-order valence-corrected chi connectivity index (χ2v) is 9.02. The van der Waals surface area contributed by atoms with Gasteiger partial charge in [-0.1, -0.05) is 51.0 Å². The summed E-state index contributed by atoms with van der Waals surface area (Å²) < 4.78 is 5.75. The van der Waals surface area contributed by atoms with Crippen LogP contribution in [0.5, 0.6) is 5.75 Å². The van der Waals surface area contributed by atoms with Crippen molar-refractivity contribution >= 4 is 23.5 Å². The summed E-state index contributed by atoms with van der Waals surface area (Å²) in [6.07, 6.45) is 10.1. The Morgan fingerprint density at radius 2 is 2.03 bits per heavy atom. The van der Waals surface area contributed by atoms with E-state index in [1.807, 2.05) is 17.0 Å². The summed E-state index contributed by atoms with van der Waals surface area (Å²) in [6, 6.07) is 5.56. The summed E-state index contributed by atoms with van der Waals surface area (Å²) in [7, 11) is 0. The lowest BCUT2D eigenvalue weighted by molar-refractivity contribution is -0.134. The van der Waals surface area contributed by atoms with E-state index in [4.69, 9.17) is 4.74 Å². The fourth-order valence-electron chi connectivity index (χ4n) is 4.84. The number of aliphatic hydroxyl groups is 1. The average Bonchev–Trinajstić information content (AvgIpc) is 3.17. The maximum Gasteiger partial charge on any atom is 0.260 e. The second kappa shape index (κ2) is 10.8. The number of ether oxygens (including phenoxy) is 1. The first-order valence-corrected chi connectivity index (χ1v) is 11.9. The van der Waals surface area contributed by atoms with E-state index in [1.165, 1.54) is 38.5 Å². The van der Waals surface area contributed by atoms with Crippen LogP contribution < -0.4 is 10.1 Å². The number of nitrogens with one attached hydrogen (secondary N) is 1. The number of benzene rings is 1. The van der Waals surface area contributed by atoms with E-state index in [-0.39, 0.29) is 25.0 Å². The number of unbranched alkanes of at least 4 members (excludes halogenated alkanes) is 1. The first-order valence-electron chi connectivity index (χ1n) is 11.9. The fraction of sp³-hybridized carbons (Fsp3) is 0.625. The number of nitrogens with zero attached hydrogens (tertiary/aromatic N) is 3. The minimum absolute atomic E-state index is 0.0487. The molecule has 0 radical (unpaired) electrons. The van der Waals surface area contributed by atoms with E-state index in [1.54, 1.807) is 11.0 Å². The molecule has 4 rings (SSSR count). The number of rotatable bonds is 10. The van der Waals surface area contributed by atoms with Crippen LogP contribution in [-0.4, -0.2) is 65.5 Å². The molecule has 0 bridgehead atoms. The molecule has 0 atom stereocenters. The zero-order valence-electron chi connectivity index (χ0n) is 18.7. The van der Waals surface area contributed by atoms with Crippen molar-refractivity contribution in [1.29, 1.82) is 0 Å². The minimum Gasteiger partial charge on any atom is -0.484 e. The maximum atomic E-state index is 12.7. The summed E-state index contributed by atoms with van der Waals surface area (Å²) in [6.45, 7) is 1.82. The number of carbonyl (C=O) groups excluding carboxylic acids is 2. The first kappa shape index (κ1) is 22.6. The van der Waals surface area contributed by atoms with Gasteiger partial charge < -0.3 is 19.6 Å². The summed E-state index contributed by atoms with van der Waals surface area (Å²) in [5, 5.41) is 12.1. The Morgan fingerprint density at radius 3 is 2.84 bits per heavy atom. The normalized spacial score (nSPS) is 18.0. The van der Waals surface area contributed by atoms with Gasteiger partial charge in [0, 0.05) is 25.7 Å². The highest BCUT2D eigenvalue weighted by atomic mass is 16.5. The van der Waals surface area contributed by atoms with Gasteiger partial charge in [0.05, 0.1) is 12.3 Å². The molecular weight excluding hydrogens is 408 g/mol. The van der Waals surface area contributed by atoms with Gasteiger partial charge in [0.15, 0.2) is 6.61 Å². The molecule has 2 fully saturated rings. The van der Waals surface area contributed by atoms with Gasteiger partial charge in [-0.25, -0.2) is 4.99 Å². The summed E-state index contributed by atoms with van der Waals surface area (Å²) in [5.41, 5.74) is 1.77.